The minimum absolute atomic E-state index is 0.455. The monoisotopic (exact) mass is 291 g/mol. The van der Waals surface area contributed by atoms with Crippen molar-refractivity contribution in [3.05, 3.63) is 35.9 Å². The lowest BCUT2D eigenvalue weighted by atomic mass is 9.82. The number of hydrogen-bond acceptors (Lipinski definition) is 2. The highest BCUT2D eigenvalue weighted by atomic mass is 16.4. The van der Waals surface area contributed by atoms with E-state index in [2.05, 4.69) is 36.5 Å². The Kier molecular flexibility index (Phi) is 7.44. The molecule has 1 aromatic rings. The second-order valence-corrected chi connectivity index (χ2v) is 5.82. The molecule has 0 aliphatic rings. The van der Waals surface area contributed by atoms with E-state index in [1.165, 1.54) is 5.56 Å². The van der Waals surface area contributed by atoms with Crippen LogP contribution in [-0.2, 0) is 4.79 Å². The van der Waals surface area contributed by atoms with E-state index in [1.807, 2.05) is 19.9 Å². The number of rotatable bonds is 10. The van der Waals surface area contributed by atoms with Crippen LogP contribution in [0.25, 0.3) is 0 Å². The van der Waals surface area contributed by atoms with Crippen LogP contribution in [0, 0.1) is 5.41 Å². The van der Waals surface area contributed by atoms with Crippen molar-refractivity contribution < 1.29 is 9.90 Å². The molecular formula is C18H29NO2. The van der Waals surface area contributed by atoms with Crippen LogP contribution in [0.1, 0.15) is 57.9 Å². The van der Waals surface area contributed by atoms with Crippen LogP contribution in [0.3, 0.4) is 0 Å². The third kappa shape index (κ3) is 4.85. The first kappa shape index (κ1) is 17.7. The number of carboxylic acid groups (broad SMARTS) is 1. The summed E-state index contributed by atoms with van der Waals surface area (Å²) in [5.41, 5.74) is 0.703. The summed E-state index contributed by atoms with van der Waals surface area (Å²) in [6.07, 6.45) is 3.58. The fourth-order valence-electron chi connectivity index (χ4n) is 2.82. The van der Waals surface area contributed by atoms with E-state index in [0.29, 0.717) is 25.3 Å². The first-order chi connectivity index (χ1) is 10.1. The summed E-state index contributed by atoms with van der Waals surface area (Å²) in [4.78, 5) is 11.5. The van der Waals surface area contributed by atoms with Crippen molar-refractivity contribution in [3.63, 3.8) is 0 Å². The van der Waals surface area contributed by atoms with E-state index in [0.717, 1.165) is 19.4 Å². The largest absolute Gasteiger partial charge is 0.481 e. The molecule has 0 fully saturated rings. The predicted octanol–water partition coefficient (Wildman–Crippen LogP) is 4.05. The van der Waals surface area contributed by atoms with Crippen molar-refractivity contribution in [1.29, 1.82) is 0 Å². The highest BCUT2D eigenvalue weighted by molar-refractivity contribution is 5.74. The average Bonchev–Trinajstić information content (AvgIpc) is 2.51. The molecule has 0 heterocycles. The van der Waals surface area contributed by atoms with Gasteiger partial charge in [0, 0.05) is 13.1 Å². The van der Waals surface area contributed by atoms with Crippen LogP contribution in [0.4, 0.5) is 0 Å². The van der Waals surface area contributed by atoms with E-state index in [-0.39, 0.29) is 0 Å². The molecule has 0 saturated heterocycles. The Morgan fingerprint density at radius 1 is 1.19 bits per heavy atom. The lowest BCUT2D eigenvalue weighted by molar-refractivity contribution is -0.149. The van der Waals surface area contributed by atoms with Crippen molar-refractivity contribution in [2.75, 3.05) is 13.1 Å². The minimum Gasteiger partial charge on any atom is -0.481 e. The lowest BCUT2D eigenvalue weighted by Gasteiger charge is -2.28. The van der Waals surface area contributed by atoms with Crippen LogP contribution in [-0.4, -0.2) is 24.2 Å². The van der Waals surface area contributed by atoms with Gasteiger partial charge in [-0.3, -0.25) is 4.79 Å². The second-order valence-electron chi connectivity index (χ2n) is 5.82. The van der Waals surface area contributed by atoms with Gasteiger partial charge in [-0.15, -0.1) is 0 Å². The molecule has 3 heteroatoms. The first-order valence-corrected chi connectivity index (χ1v) is 8.08. The molecule has 0 aromatic heterocycles. The lowest BCUT2D eigenvalue weighted by Crippen LogP contribution is -2.41. The van der Waals surface area contributed by atoms with Crippen molar-refractivity contribution in [3.8, 4) is 0 Å². The highest BCUT2D eigenvalue weighted by Crippen LogP contribution is 2.26. The molecule has 1 rings (SSSR count). The van der Waals surface area contributed by atoms with Gasteiger partial charge in [-0.1, -0.05) is 57.5 Å². The molecule has 1 aromatic carbocycles. The van der Waals surface area contributed by atoms with Gasteiger partial charge in [0.1, 0.15) is 0 Å². The van der Waals surface area contributed by atoms with Crippen LogP contribution in [0.5, 0.6) is 0 Å². The van der Waals surface area contributed by atoms with Crippen LogP contribution in [0.15, 0.2) is 30.3 Å². The summed E-state index contributed by atoms with van der Waals surface area (Å²) in [6.45, 7) is 7.49. The number of aliphatic carboxylic acids is 1. The van der Waals surface area contributed by atoms with Gasteiger partial charge < -0.3 is 10.4 Å². The van der Waals surface area contributed by atoms with Gasteiger partial charge in [0.2, 0.25) is 0 Å². The van der Waals surface area contributed by atoms with Crippen molar-refractivity contribution in [1.82, 2.24) is 5.32 Å². The molecular weight excluding hydrogens is 262 g/mol. The summed E-state index contributed by atoms with van der Waals surface area (Å²) < 4.78 is 0. The molecule has 3 nitrogen and oxygen atoms in total. The molecule has 21 heavy (non-hydrogen) atoms. The van der Waals surface area contributed by atoms with Gasteiger partial charge in [-0.25, -0.2) is 0 Å². The van der Waals surface area contributed by atoms with Gasteiger partial charge in [0.05, 0.1) is 5.41 Å². The summed E-state index contributed by atoms with van der Waals surface area (Å²) >= 11 is 0. The van der Waals surface area contributed by atoms with Gasteiger partial charge in [0.25, 0.3) is 0 Å². The topological polar surface area (TPSA) is 49.3 Å². The van der Waals surface area contributed by atoms with Crippen molar-refractivity contribution >= 4 is 5.97 Å². The summed E-state index contributed by atoms with van der Waals surface area (Å²) in [7, 11) is 0. The SMILES string of the molecule is CCCC(CNCC(CC)(CC)C(=O)O)c1ccccc1. The van der Waals surface area contributed by atoms with Gasteiger partial charge >= 0.3 is 5.97 Å². The third-order valence-corrected chi connectivity index (χ3v) is 4.57. The van der Waals surface area contributed by atoms with Crippen LogP contribution in [0.2, 0.25) is 0 Å². The highest BCUT2D eigenvalue weighted by Gasteiger charge is 2.34. The quantitative estimate of drug-likeness (QED) is 0.683. The molecule has 1 unspecified atom stereocenters. The number of benzene rings is 1. The number of carbonyl (C=O) groups is 1. The molecule has 1 atom stereocenters. The van der Waals surface area contributed by atoms with Crippen LogP contribution >= 0.6 is 0 Å². The zero-order chi connectivity index (χ0) is 15.7. The Balaban J connectivity index is 2.64. The summed E-state index contributed by atoms with van der Waals surface area (Å²) in [5.74, 6) is -0.233. The van der Waals surface area contributed by atoms with E-state index in [1.54, 1.807) is 0 Å². The molecule has 0 amide bonds. The van der Waals surface area contributed by atoms with Crippen molar-refractivity contribution in [2.24, 2.45) is 5.41 Å². The van der Waals surface area contributed by atoms with Gasteiger partial charge in [-0.2, -0.15) is 0 Å². The standard InChI is InChI=1S/C18H29NO2/c1-4-10-16(15-11-8-7-9-12-15)13-19-14-18(5-2,6-3)17(20)21/h7-9,11-12,16,19H,4-6,10,13-14H2,1-3H3,(H,20,21). The number of nitrogens with one attached hydrogen (secondary N) is 1. The Hall–Kier alpha value is -1.35. The molecule has 0 aliphatic carbocycles. The zero-order valence-electron chi connectivity index (χ0n) is 13.6. The Labute approximate surface area is 128 Å². The smallest absolute Gasteiger partial charge is 0.310 e. The van der Waals surface area contributed by atoms with E-state index in [4.69, 9.17) is 0 Å². The van der Waals surface area contributed by atoms with Crippen molar-refractivity contribution in [2.45, 2.75) is 52.4 Å². The minimum atomic E-state index is -0.688. The zero-order valence-corrected chi connectivity index (χ0v) is 13.6. The molecule has 0 aliphatic heterocycles. The molecule has 0 spiro atoms. The third-order valence-electron chi connectivity index (χ3n) is 4.57. The van der Waals surface area contributed by atoms with E-state index in [9.17, 15) is 9.90 Å². The maximum Gasteiger partial charge on any atom is 0.310 e. The fraction of sp³-hybridized carbons (Fsp3) is 0.611. The molecule has 0 saturated carbocycles. The van der Waals surface area contributed by atoms with E-state index < -0.39 is 11.4 Å². The normalized spacial score (nSPS) is 13.1. The van der Waals surface area contributed by atoms with E-state index >= 15 is 0 Å². The Morgan fingerprint density at radius 2 is 1.81 bits per heavy atom. The number of carboxylic acids is 1. The molecule has 0 bridgehead atoms. The van der Waals surface area contributed by atoms with Gasteiger partial charge in [0.15, 0.2) is 0 Å². The Morgan fingerprint density at radius 3 is 2.29 bits per heavy atom. The summed E-state index contributed by atoms with van der Waals surface area (Å²) in [6, 6.07) is 10.5. The first-order valence-electron chi connectivity index (χ1n) is 8.08. The van der Waals surface area contributed by atoms with Crippen LogP contribution < -0.4 is 5.32 Å². The number of hydrogen-bond donors (Lipinski definition) is 2. The Bertz CT molecular complexity index is 412. The average molecular weight is 291 g/mol. The van der Waals surface area contributed by atoms with Gasteiger partial charge in [-0.05, 0) is 30.7 Å². The predicted molar refractivity (Wildman–Crippen MR) is 87.6 cm³/mol. The fourth-order valence-corrected chi connectivity index (χ4v) is 2.82. The maximum absolute atomic E-state index is 11.5. The maximum atomic E-state index is 11.5. The molecule has 0 radical (unpaired) electrons. The summed E-state index contributed by atoms with van der Waals surface area (Å²) in [5, 5.41) is 12.9. The molecule has 2 N–H and O–H groups in total. The second kappa shape index (κ2) is 8.83. The molecule has 118 valence electrons.